The molecule has 2 aliphatic heterocycles. The summed E-state index contributed by atoms with van der Waals surface area (Å²) in [7, 11) is 0. The molecule has 4 rings (SSSR count). The Kier molecular flexibility index (Phi) is 3.31. The van der Waals surface area contributed by atoms with Crippen LogP contribution in [0.1, 0.15) is 12.8 Å². The number of piperidine rings is 1. The molecule has 1 aromatic carbocycles. The molecular weight excluding hydrogens is 286 g/mol. The molecule has 1 N–H and O–H groups in total. The number of nitrogens with zero attached hydrogens (tertiary/aromatic N) is 4. The summed E-state index contributed by atoms with van der Waals surface area (Å²) in [6.07, 6.45) is 5.69. The molecule has 1 aromatic heterocycles. The molecule has 0 radical (unpaired) electrons. The number of benzene rings is 1. The molecular formula is C15H18ClN5. The highest BCUT2D eigenvalue weighted by atomic mass is 35.5. The number of rotatable bonds is 3. The van der Waals surface area contributed by atoms with Crippen molar-refractivity contribution < 1.29 is 0 Å². The lowest BCUT2D eigenvalue weighted by Gasteiger charge is -2.32. The van der Waals surface area contributed by atoms with E-state index in [0.29, 0.717) is 11.1 Å². The van der Waals surface area contributed by atoms with Crippen LogP contribution in [-0.2, 0) is 0 Å². The largest absolute Gasteiger partial charge is 0.380 e. The molecule has 6 heteroatoms. The first-order valence-electron chi connectivity index (χ1n) is 7.43. The Morgan fingerprint density at radius 2 is 2.14 bits per heavy atom. The first-order valence-corrected chi connectivity index (χ1v) is 7.81. The third-order valence-corrected chi connectivity index (χ3v) is 4.91. The van der Waals surface area contributed by atoms with Gasteiger partial charge in [0.15, 0.2) is 0 Å². The number of aromatic nitrogens is 3. The zero-order valence-corrected chi connectivity index (χ0v) is 12.5. The van der Waals surface area contributed by atoms with E-state index in [1.165, 1.54) is 38.8 Å². The van der Waals surface area contributed by atoms with Gasteiger partial charge in [0.05, 0.1) is 10.7 Å². The van der Waals surface area contributed by atoms with Gasteiger partial charge in [-0.1, -0.05) is 17.7 Å². The zero-order valence-electron chi connectivity index (χ0n) is 11.7. The van der Waals surface area contributed by atoms with Crippen molar-refractivity contribution in [2.24, 2.45) is 5.92 Å². The van der Waals surface area contributed by atoms with E-state index < -0.39 is 0 Å². The van der Waals surface area contributed by atoms with Crippen molar-refractivity contribution in [1.29, 1.82) is 0 Å². The van der Waals surface area contributed by atoms with E-state index in [0.717, 1.165) is 17.3 Å². The summed E-state index contributed by atoms with van der Waals surface area (Å²) < 4.78 is 1.73. The van der Waals surface area contributed by atoms with Crippen LogP contribution in [0.3, 0.4) is 0 Å². The Labute approximate surface area is 128 Å². The molecule has 3 heterocycles. The monoisotopic (exact) mass is 303 g/mol. The average molecular weight is 304 g/mol. The lowest BCUT2D eigenvalue weighted by Crippen LogP contribution is -2.39. The number of nitrogens with one attached hydrogen (secondary N) is 1. The summed E-state index contributed by atoms with van der Waals surface area (Å²) in [5.41, 5.74) is 1.93. The van der Waals surface area contributed by atoms with Crippen LogP contribution in [0.25, 0.3) is 5.69 Å². The predicted molar refractivity (Wildman–Crippen MR) is 82.9 cm³/mol. The van der Waals surface area contributed by atoms with Crippen LogP contribution >= 0.6 is 11.6 Å². The van der Waals surface area contributed by atoms with E-state index in [1.807, 2.05) is 12.1 Å². The van der Waals surface area contributed by atoms with E-state index in [9.17, 15) is 0 Å². The zero-order chi connectivity index (χ0) is 14.2. The normalized spacial score (nSPS) is 27.8. The fourth-order valence-electron chi connectivity index (χ4n) is 3.53. The second-order valence-corrected chi connectivity index (χ2v) is 6.27. The molecule has 21 heavy (non-hydrogen) atoms. The van der Waals surface area contributed by atoms with E-state index in [1.54, 1.807) is 11.0 Å². The lowest BCUT2D eigenvalue weighted by atomic mass is 9.94. The van der Waals surface area contributed by atoms with E-state index in [2.05, 4.69) is 26.4 Å². The van der Waals surface area contributed by atoms with Crippen LogP contribution < -0.4 is 5.32 Å². The summed E-state index contributed by atoms with van der Waals surface area (Å²) in [5, 5.41) is 8.62. The van der Waals surface area contributed by atoms with Crippen molar-refractivity contribution in [1.82, 2.24) is 19.7 Å². The lowest BCUT2D eigenvalue weighted by molar-refractivity contribution is 0.255. The number of hydrogen-bond acceptors (Lipinski definition) is 4. The van der Waals surface area contributed by atoms with Crippen LogP contribution in [0.15, 0.2) is 30.9 Å². The standard InChI is InChI=1S/C15H18ClN5/c16-12-2-1-3-14(15(12)21-10-17-9-18-21)19-13-5-7-20-6-4-11(13)8-20/h1-3,9-11,13,19H,4-8H2. The Bertz CT molecular complexity index is 627. The number of para-hydroxylation sites is 1. The van der Waals surface area contributed by atoms with Crippen molar-refractivity contribution in [3.63, 3.8) is 0 Å². The molecule has 2 aromatic rings. The van der Waals surface area contributed by atoms with Crippen molar-refractivity contribution in [2.75, 3.05) is 25.0 Å². The molecule has 0 spiro atoms. The minimum absolute atomic E-state index is 0.518. The van der Waals surface area contributed by atoms with Crippen molar-refractivity contribution in [3.05, 3.63) is 35.9 Å². The highest BCUT2D eigenvalue weighted by Gasteiger charge is 2.34. The molecule has 0 amide bonds. The van der Waals surface area contributed by atoms with Gasteiger partial charge >= 0.3 is 0 Å². The molecule has 2 saturated heterocycles. The minimum atomic E-state index is 0.518. The number of halogens is 1. The fraction of sp³-hybridized carbons (Fsp3) is 0.467. The summed E-state index contributed by atoms with van der Waals surface area (Å²) in [6, 6.07) is 6.46. The second kappa shape index (κ2) is 5.31. The molecule has 5 nitrogen and oxygen atoms in total. The minimum Gasteiger partial charge on any atom is -0.380 e. The van der Waals surface area contributed by atoms with Gasteiger partial charge in [0.2, 0.25) is 0 Å². The summed E-state index contributed by atoms with van der Waals surface area (Å²) in [4.78, 5) is 6.58. The maximum Gasteiger partial charge on any atom is 0.138 e. The van der Waals surface area contributed by atoms with Gasteiger partial charge in [0.25, 0.3) is 0 Å². The van der Waals surface area contributed by atoms with Crippen LogP contribution in [0.5, 0.6) is 0 Å². The summed E-state index contributed by atoms with van der Waals surface area (Å²) in [6.45, 7) is 3.65. The first kappa shape index (κ1) is 13.1. The molecule has 0 aliphatic carbocycles. The number of fused-ring (bicyclic) bond motifs is 2. The van der Waals surface area contributed by atoms with Crippen LogP contribution in [0, 0.1) is 5.92 Å². The smallest absolute Gasteiger partial charge is 0.138 e. The Balaban J connectivity index is 1.64. The predicted octanol–water partition coefficient (Wildman–Crippen LogP) is 2.43. The van der Waals surface area contributed by atoms with Gasteiger partial charge in [-0.15, -0.1) is 0 Å². The van der Waals surface area contributed by atoms with Gasteiger partial charge < -0.3 is 10.2 Å². The average Bonchev–Trinajstić information content (AvgIpc) is 3.12. The first-order chi connectivity index (χ1) is 10.3. The van der Waals surface area contributed by atoms with Crippen LogP contribution in [0.2, 0.25) is 5.02 Å². The van der Waals surface area contributed by atoms with Crippen molar-refractivity contribution >= 4 is 17.3 Å². The third-order valence-electron chi connectivity index (χ3n) is 4.61. The maximum atomic E-state index is 6.38. The fourth-order valence-corrected chi connectivity index (χ4v) is 3.79. The Morgan fingerprint density at radius 3 is 3.00 bits per heavy atom. The second-order valence-electron chi connectivity index (χ2n) is 5.86. The van der Waals surface area contributed by atoms with E-state index in [4.69, 9.17) is 11.6 Å². The van der Waals surface area contributed by atoms with Gasteiger partial charge in [-0.05, 0) is 37.4 Å². The molecule has 2 aliphatic rings. The topological polar surface area (TPSA) is 46.0 Å². The summed E-state index contributed by atoms with van der Waals surface area (Å²) in [5.74, 6) is 0.737. The third kappa shape index (κ3) is 2.40. The molecule has 2 bridgehead atoms. The molecule has 110 valence electrons. The van der Waals surface area contributed by atoms with Gasteiger partial charge in [-0.25, -0.2) is 9.67 Å². The molecule has 3 unspecified atom stereocenters. The highest BCUT2D eigenvalue weighted by molar-refractivity contribution is 6.33. The maximum absolute atomic E-state index is 6.38. The van der Waals surface area contributed by atoms with Crippen molar-refractivity contribution in [2.45, 2.75) is 18.9 Å². The van der Waals surface area contributed by atoms with Gasteiger partial charge in [0, 0.05) is 19.1 Å². The number of anilines is 1. The van der Waals surface area contributed by atoms with Crippen LogP contribution in [-0.4, -0.2) is 45.3 Å². The molecule has 2 fully saturated rings. The Morgan fingerprint density at radius 1 is 1.24 bits per heavy atom. The SMILES string of the molecule is Clc1cccc(NC2CCN3CCC2C3)c1-n1cncn1. The van der Waals surface area contributed by atoms with Crippen LogP contribution in [0.4, 0.5) is 5.69 Å². The van der Waals surface area contributed by atoms with Crippen molar-refractivity contribution in [3.8, 4) is 5.69 Å². The molecule has 3 atom stereocenters. The highest BCUT2D eigenvalue weighted by Crippen LogP contribution is 2.33. The Hall–Kier alpha value is -1.59. The van der Waals surface area contributed by atoms with Gasteiger partial charge in [0.1, 0.15) is 18.3 Å². The van der Waals surface area contributed by atoms with E-state index in [-0.39, 0.29) is 0 Å². The quantitative estimate of drug-likeness (QED) is 0.946. The number of hydrogen-bond donors (Lipinski definition) is 1. The van der Waals surface area contributed by atoms with Gasteiger partial charge in [-0.2, -0.15) is 5.10 Å². The summed E-state index contributed by atoms with van der Waals surface area (Å²) >= 11 is 6.38. The van der Waals surface area contributed by atoms with E-state index >= 15 is 0 Å². The van der Waals surface area contributed by atoms with Gasteiger partial charge in [-0.3, -0.25) is 0 Å². The molecule has 0 saturated carbocycles.